The summed E-state index contributed by atoms with van der Waals surface area (Å²) < 4.78 is 5.00. The van der Waals surface area contributed by atoms with E-state index < -0.39 is 0 Å². The van der Waals surface area contributed by atoms with Crippen LogP contribution in [0.3, 0.4) is 0 Å². The minimum Gasteiger partial charge on any atom is -0.455 e. The van der Waals surface area contributed by atoms with E-state index in [0.717, 1.165) is 18.4 Å². The van der Waals surface area contributed by atoms with Crippen LogP contribution in [0.4, 0.5) is 0 Å². The Morgan fingerprint density at radius 3 is 2.91 bits per heavy atom. The quantitative estimate of drug-likeness (QED) is 0.802. The van der Waals surface area contributed by atoms with Crippen LogP contribution in [0.15, 0.2) is 30.5 Å². The molecule has 2 N–H and O–H groups in total. The number of benzene rings is 1. The molecule has 1 fully saturated rings. The summed E-state index contributed by atoms with van der Waals surface area (Å²) in [5.41, 5.74) is 2.26. The highest BCUT2D eigenvalue weighted by atomic mass is 16.5. The van der Waals surface area contributed by atoms with Crippen LogP contribution in [0.2, 0.25) is 0 Å². The van der Waals surface area contributed by atoms with Gasteiger partial charge >= 0.3 is 5.97 Å². The van der Waals surface area contributed by atoms with Gasteiger partial charge in [-0.1, -0.05) is 25.1 Å². The third-order valence-corrected chi connectivity index (χ3v) is 4.15. The Balaban J connectivity index is 1.41. The molecule has 0 saturated heterocycles. The molecular weight excluding hydrogens is 280 g/mol. The first-order chi connectivity index (χ1) is 10.6. The zero-order valence-electron chi connectivity index (χ0n) is 12.6. The number of ether oxygens (including phenoxy) is 1. The van der Waals surface area contributed by atoms with Crippen LogP contribution in [0.1, 0.15) is 18.9 Å². The summed E-state index contributed by atoms with van der Waals surface area (Å²) in [6, 6.07) is 8.06. The number of aromatic nitrogens is 1. The molecule has 0 bridgehead atoms. The molecule has 1 aromatic heterocycles. The molecule has 2 atom stereocenters. The molecule has 0 aliphatic heterocycles. The number of amides is 1. The first-order valence-electron chi connectivity index (χ1n) is 7.63. The van der Waals surface area contributed by atoms with E-state index in [9.17, 15) is 9.59 Å². The molecule has 1 saturated carbocycles. The van der Waals surface area contributed by atoms with Crippen LogP contribution >= 0.6 is 0 Å². The van der Waals surface area contributed by atoms with Crippen molar-refractivity contribution in [2.75, 3.05) is 13.2 Å². The Bertz CT molecular complexity index is 692. The molecule has 2 aromatic rings. The second-order valence-electron chi connectivity index (χ2n) is 5.89. The molecule has 5 nitrogen and oxygen atoms in total. The highest BCUT2D eigenvalue weighted by molar-refractivity contribution is 5.84. The molecule has 1 amide bonds. The number of para-hydroxylation sites is 1. The van der Waals surface area contributed by atoms with Crippen LogP contribution in [-0.2, 0) is 20.7 Å². The van der Waals surface area contributed by atoms with E-state index in [2.05, 4.69) is 16.4 Å². The zero-order chi connectivity index (χ0) is 15.5. The summed E-state index contributed by atoms with van der Waals surface area (Å²) >= 11 is 0. The largest absolute Gasteiger partial charge is 0.455 e. The summed E-state index contributed by atoms with van der Waals surface area (Å²) in [5, 5.41) is 3.95. The van der Waals surface area contributed by atoms with Crippen molar-refractivity contribution >= 4 is 22.8 Å². The van der Waals surface area contributed by atoms with Crippen molar-refractivity contribution in [1.29, 1.82) is 0 Å². The van der Waals surface area contributed by atoms with Gasteiger partial charge in [0, 0.05) is 23.6 Å². The van der Waals surface area contributed by atoms with Crippen molar-refractivity contribution in [2.24, 2.45) is 11.8 Å². The fraction of sp³-hybridized carbons (Fsp3) is 0.412. The number of H-pyrrole nitrogens is 1. The van der Waals surface area contributed by atoms with Crippen molar-refractivity contribution in [2.45, 2.75) is 19.8 Å². The third-order valence-electron chi connectivity index (χ3n) is 4.15. The van der Waals surface area contributed by atoms with E-state index in [4.69, 9.17) is 4.74 Å². The lowest BCUT2D eigenvalue weighted by Gasteiger charge is -2.06. The Labute approximate surface area is 129 Å². The normalized spacial score (nSPS) is 19.9. The first kappa shape index (κ1) is 14.6. The standard InChI is InChI=1S/C17H20N2O3/c1-11-8-14(11)17(21)22-10-16(20)18-7-6-12-9-19-15-5-3-2-4-13(12)15/h2-5,9,11,14,19H,6-8,10H2,1H3,(H,18,20)/t11-,14+/m0/s1. The van der Waals surface area contributed by atoms with Gasteiger partial charge in [-0.3, -0.25) is 9.59 Å². The maximum absolute atomic E-state index is 11.7. The monoisotopic (exact) mass is 300 g/mol. The van der Waals surface area contributed by atoms with E-state index in [0.29, 0.717) is 12.5 Å². The molecule has 0 spiro atoms. The fourth-order valence-electron chi connectivity index (χ4n) is 2.62. The maximum atomic E-state index is 11.7. The smallest absolute Gasteiger partial charge is 0.309 e. The molecule has 5 heteroatoms. The van der Waals surface area contributed by atoms with Gasteiger partial charge in [0.25, 0.3) is 5.91 Å². The Morgan fingerprint density at radius 1 is 1.36 bits per heavy atom. The van der Waals surface area contributed by atoms with E-state index in [1.807, 2.05) is 31.3 Å². The average molecular weight is 300 g/mol. The Morgan fingerprint density at radius 2 is 2.14 bits per heavy atom. The van der Waals surface area contributed by atoms with Gasteiger partial charge in [-0.2, -0.15) is 0 Å². The SMILES string of the molecule is C[C@H]1C[C@H]1C(=O)OCC(=O)NCCc1c[nH]c2ccccc12. The lowest BCUT2D eigenvalue weighted by molar-refractivity contribution is -0.150. The third kappa shape index (κ3) is 3.30. The number of aromatic amines is 1. The second kappa shape index (κ2) is 6.22. The predicted molar refractivity (Wildman–Crippen MR) is 83.2 cm³/mol. The molecule has 1 heterocycles. The maximum Gasteiger partial charge on any atom is 0.309 e. The van der Waals surface area contributed by atoms with Gasteiger partial charge in [0.2, 0.25) is 0 Å². The summed E-state index contributed by atoms with van der Waals surface area (Å²) in [4.78, 5) is 26.4. The molecule has 116 valence electrons. The van der Waals surface area contributed by atoms with Gasteiger partial charge in [0.1, 0.15) is 0 Å². The van der Waals surface area contributed by atoms with Crippen molar-refractivity contribution in [1.82, 2.24) is 10.3 Å². The van der Waals surface area contributed by atoms with Crippen molar-refractivity contribution in [3.05, 3.63) is 36.0 Å². The number of rotatable bonds is 6. The average Bonchev–Trinajstić information content (AvgIpc) is 3.11. The van der Waals surface area contributed by atoms with E-state index in [1.165, 1.54) is 10.9 Å². The predicted octanol–water partition coefficient (Wildman–Crippen LogP) is 2.03. The van der Waals surface area contributed by atoms with Gasteiger partial charge in [-0.25, -0.2) is 0 Å². The van der Waals surface area contributed by atoms with Crippen LogP contribution in [0.25, 0.3) is 10.9 Å². The van der Waals surface area contributed by atoms with Crippen LogP contribution in [0, 0.1) is 11.8 Å². The number of esters is 1. The van der Waals surface area contributed by atoms with Crippen molar-refractivity contribution in [3.63, 3.8) is 0 Å². The fourth-order valence-corrected chi connectivity index (χ4v) is 2.62. The Kier molecular flexibility index (Phi) is 4.13. The summed E-state index contributed by atoms with van der Waals surface area (Å²) in [6.07, 6.45) is 3.58. The van der Waals surface area contributed by atoms with Gasteiger partial charge < -0.3 is 15.0 Å². The molecule has 3 rings (SSSR count). The van der Waals surface area contributed by atoms with Gasteiger partial charge in [-0.15, -0.1) is 0 Å². The van der Waals surface area contributed by atoms with Gasteiger partial charge in [-0.05, 0) is 30.4 Å². The second-order valence-corrected chi connectivity index (χ2v) is 5.89. The molecular formula is C17H20N2O3. The van der Waals surface area contributed by atoms with Crippen molar-refractivity contribution in [3.8, 4) is 0 Å². The van der Waals surface area contributed by atoms with Crippen LogP contribution < -0.4 is 5.32 Å². The number of hydrogen-bond donors (Lipinski definition) is 2. The highest BCUT2D eigenvalue weighted by Crippen LogP contribution is 2.38. The summed E-state index contributed by atoms with van der Waals surface area (Å²) in [7, 11) is 0. The van der Waals surface area contributed by atoms with Gasteiger partial charge in [0.05, 0.1) is 5.92 Å². The molecule has 1 aliphatic rings. The summed E-state index contributed by atoms with van der Waals surface area (Å²) in [5.74, 6) is -0.0998. The van der Waals surface area contributed by atoms with Gasteiger partial charge in [0.15, 0.2) is 6.61 Å². The van der Waals surface area contributed by atoms with Crippen LogP contribution in [-0.4, -0.2) is 30.0 Å². The minimum atomic E-state index is -0.251. The topological polar surface area (TPSA) is 71.2 Å². The molecule has 1 aromatic carbocycles. The number of carbonyl (C=O) groups excluding carboxylic acids is 2. The van der Waals surface area contributed by atoms with Crippen molar-refractivity contribution < 1.29 is 14.3 Å². The van der Waals surface area contributed by atoms with Crippen LogP contribution in [0.5, 0.6) is 0 Å². The lowest BCUT2D eigenvalue weighted by Crippen LogP contribution is -2.30. The first-order valence-corrected chi connectivity index (χ1v) is 7.63. The van der Waals surface area contributed by atoms with E-state index in [1.54, 1.807) is 0 Å². The number of nitrogens with one attached hydrogen (secondary N) is 2. The number of hydrogen-bond acceptors (Lipinski definition) is 3. The van der Waals surface area contributed by atoms with E-state index >= 15 is 0 Å². The minimum absolute atomic E-state index is 0.000907. The summed E-state index contributed by atoms with van der Waals surface area (Å²) in [6.45, 7) is 2.35. The molecule has 22 heavy (non-hydrogen) atoms. The Hall–Kier alpha value is -2.30. The molecule has 1 aliphatic carbocycles. The number of carbonyl (C=O) groups is 2. The molecule has 0 unspecified atom stereocenters. The molecule has 0 radical (unpaired) electrons. The number of fused-ring (bicyclic) bond motifs is 1. The lowest BCUT2D eigenvalue weighted by atomic mass is 10.1. The highest BCUT2D eigenvalue weighted by Gasteiger charge is 2.40. The zero-order valence-corrected chi connectivity index (χ0v) is 12.6. The van der Waals surface area contributed by atoms with E-state index in [-0.39, 0.29) is 24.4 Å².